The molecular formula is C8H13ClN4O. The number of anilines is 1. The summed E-state index contributed by atoms with van der Waals surface area (Å²) in [5.74, 6) is 0.897. The Kier molecular flexibility index (Phi) is 2.88. The maximum Gasteiger partial charge on any atom is 0.145 e. The zero-order chi connectivity index (χ0) is 9.97. The predicted octanol–water partition coefficient (Wildman–Crippen LogP) is 0.716. The van der Waals surface area contributed by atoms with Crippen molar-refractivity contribution in [1.82, 2.24) is 15.0 Å². The van der Waals surface area contributed by atoms with Gasteiger partial charge in [0.2, 0.25) is 0 Å². The van der Waals surface area contributed by atoms with Crippen LogP contribution in [0.3, 0.4) is 0 Å². The summed E-state index contributed by atoms with van der Waals surface area (Å²) < 4.78 is 7.04. The van der Waals surface area contributed by atoms with Crippen LogP contribution in [0.1, 0.15) is 6.92 Å². The van der Waals surface area contributed by atoms with Crippen molar-refractivity contribution in [2.75, 3.05) is 18.5 Å². The zero-order valence-electron chi connectivity index (χ0n) is 7.98. The molecule has 0 saturated carbocycles. The van der Waals surface area contributed by atoms with Crippen LogP contribution in [-0.4, -0.2) is 39.6 Å². The van der Waals surface area contributed by atoms with Gasteiger partial charge in [0.05, 0.1) is 30.8 Å². The van der Waals surface area contributed by atoms with E-state index in [0.717, 1.165) is 12.4 Å². The quantitative estimate of drug-likeness (QED) is 0.757. The van der Waals surface area contributed by atoms with Crippen LogP contribution in [-0.2, 0) is 11.3 Å². The van der Waals surface area contributed by atoms with E-state index in [0.29, 0.717) is 13.2 Å². The van der Waals surface area contributed by atoms with Gasteiger partial charge in [0, 0.05) is 6.54 Å². The van der Waals surface area contributed by atoms with Gasteiger partial charge in [-0.2, -0.15) is 0 Å². The minimum absolute atomic E-state index is 0.0233. The fraction of sp³-hybridized carbons (Fsp3) is 0.750. The molecule has 2 rings (SSSR count). The van der Waals surface area contributed by atoms with E-state index in [1.165, 1.54) is 0 Å². The van der Waals surface area contributed by atoms with Gasteiger partial charge in [-0.3, -0.25) is 0 Å². The van der Waals surface area contributed by atoms with Gasteiger partial charge in [0.15, 0.2) is 0 Å². The second kappa shape index (κ2) is 4.14. The summed E-state index contributed by atoms with van der Waals surface area (Å²) in [4.78, 5) is 0. The summed E-state index contributed by atoms with van der Waals surface area (Å²) in [5.41, 5.74) is 0. The summed E-state index contributed by atoms with van der Waals surface area (Å²) in [7, 11) is 0. The average Bonchev–Trinajstić information content (AvgIpc) is 2.77. The molecule has 0 radical (unpaired) electrons. The Morgan fingerprint density at radius 3 is 3.21 bits per heavy atom. The molecule has 0 spiro atoms. The van der Waals surface area contributed by atoms with Gasteiger partial charge in [-0.1, -0.05) is 5.21 Å². The lowest BCUT2D eigenvalue weighted by Gasteiger charge is -2.14. The van der Waals surface area contributed by atoms with Gasteiger partial charge < -0.3 is 10.1 Å². The number of halogens is 1. The molecule has 1 fully saturated rings. The van der Waals surface area contributed by atoms with Gasteiger partial charge in [-0.25, -0.2) is 4.68 Å². The molecule has 5 nitrogen and oxygen atoms in total. The third-order valence-electron chi connectivity index (χ3n) is 2.26. The van der Waals surface area contributed by atoms with Crippen molar-refractivity contribution < 1.29 is 4.74 Å². The van der Waals surface area contributed by atoms with Gasteiger partial charge in [0.25, 0.3) is 0 Å². The topological polar surface area (TPSA) is 52.0 Å². The fourth-order valence-corrected chi connectivity index (χ4v) is 1.68. The molecule has 6 heteroatoms. The molecular weight excluding hydrogens is 204 g/mol. The first-order chi connectivity index (χ1) is 6.81. The second-order valence-electron chi connectivity index (χ2n) is 3.24. The number of alkyl halides is 1. The molecule has 0 amide bonds. The van der Waals surface area contributed by atoms with E-state index in [2.05, 4.69) is 15.6 Å². The average molecular weight is 217 g/mol. The number of hydrogen-bond acceptors (Lipinski definition) is 4. The summed E-state index contributed by atoms with van der Waals surface area (Å²) in [5, 5.41) is 11.0. The van der Waals surface area contributed by atoms with Crippen molar-refractivity contribution in [2.24, 2.45) is 0 Å². The van der Waals surface area contributed by atoms with Crippen molar-refractivity contribution in [3.8, 4) is 0 Å². The Morgan fingerprint density at radius 2 is 2.57 bits per heavy atom. The summed E-state index contributed by atoms with van der Waals surface area (Å²) >= 11 is 6.05. The zero-order valence-corrected chi connectivity index (χ0v) is 8.74. The van der Waals surface area contributed by atoms with E-state index in [1.54, 1.807) is 10.9 Å². The summed E-state index contributed by atoms with van der Waals surface area (Å²) in [6.45, 7) is 4.06. The summed E-state index contributed by atoms with van der Waals surface area (Å²) in [6, 6.07) is 0.153. The van der Waals surface area contributed by atoms with E-state index in [4.69, 9.17) is 16.3 Å². The van der Waals surface area contributed by atoms with E-state index < -0.39 is 0 Å². The first-order valence-electron chi connectivity index (χ1n) is 4.68. The van der Waals surface area contributed by atoms with Crippen LogP contribution in [0, 0.1) is 0 Å². The van der Waals surface area contributed by atoms with Crippen LogP contribution in [0.15, 0.2) is 6.20 Å². The maximum atomic E-state index is 6.05. The molecule has 14 heavy (non-hydrogen) atoms. The van der Waals surface area contributed by atoms with Gasteiger partial charge in [-0.15, -0.1) is 16.7 Å². The monoisotopic (exact) mass is 216 g/mol. The minimum atomic E-state index is 0.0233. The number of aromatic nitrogens is 3. The highest BCUT2D eigenvalue weighted by Crippen LogP contribution is 2.17. The van der Waals surface area contributed by atoms with E-state index in [1.807, 2.05) is 6.92 Å². The van der Waals surface area contributed by atoms with E-state index in [-0.39, 0.29) is 11.4 Å². The van der Waals surface area contributed by atoms with Crippen LogP contribution in [0.2, 0.25) is 0 Å². The largest absolute Gasteiger partial charge is 0.378 e. The highest BCUT2D eigenvalue weighted by Gasteiger charge is 2.26. The van der Waals surface area contributed by atoms with Crippen LogP contribution in [0.4, 0.5) is 5.82 Å². The lowest BCUT2D eigenvalue weighted by molar-refractivity contribution is 0.196. The van der Waals surface area contributed by atoms with Gasteiger partial charge in [-0.05, 0) is 6.92 Å². The molecule has 1 aromatic heterocycles. The predicted molar refractivity (Wildman–Crippen MR) is 53.6 cm³/mol. The molecule has 1 aliphatic rings. The Labute approximate surface area is 87.4 Å². The normalized spacial score (nSPS) is 26.7. The highest BCUT2D eigenvalue weighted by molar-refractivity contribution is 6.21. The Balaban J connectivity index is 2.02. The number of hydrogen-bond donors (Lipinski definition) is 1. The Morgan fingerprint density at radius 1 is 1.71 bits per heavy atom. The molecule has 2 heterocycles. The highest BCUT2D eigenvalue weighted by atomic mass is 35.5. The van der Waals surface area contributed by atoms with Crippen LogP contribution < -0.4 is 5.32 Å². The first-order valence-corrected chi connectivity index (χ1v) is 5.11. The van der Waals surface area contributed by atoms with Crippen LogP contribution >= 0.6 is 11.6 Å². The van der Waals surface area contributed by atoms with Crippen molar-refractivity contribution in [3.63, 3.8) is 0 Å². The molecule has 2 unspecified atom stereocenters. The third kappa shape index (κ3) is 1.83. The second-order valence-corrected chi connectivity index (χ2v) is 3.80. The number of aryl methyl sites for hydroxylation is 1. The fourth-order valence-electron chi connectivity index (χ4n) is 1.45. The van der Waals surface area contributed by atoms with Crippen molar-refractivity contribution in [1.29, 1.82) is 0 Å². The Hall–Kier alpha value is -0.810. The van der Waals surface area contributed by atoms with Crippen molar-refractivity contribution in [2.45, 2.75) is 24.9 Å². The van der Waals surface area contributed by atoms with Crippen molar-refractivity contribution in [3.05, 3.63) is 6.20 Å². The maximum absolute atomic E-state index is 6.05. The molecule has 1 N–H and O–H groups in total. The smallest absolute Gasteiger partial charge is 0.145 e. The number of ether oxygens (including phenoxy) is 1. The molecule has 1 saturated heterocycles. The number of rotatable bonds is 3. The SMILES string of the molecule is CCn1nncc1NC1COCC1Cl. The van der Waals surface area contributed by atoms with Crippen LogP contribution in [0.5, 0.6) is 0 Å². The molecule has 0 bridgehead atoms. The van der Waals surface area contributed by atoms with Crippen molar-refractivity contribution >= 4 is 17.4 Å². The molecule has 0 aromatic carbocycles. The Bertz CT molecular complexity index is 303. The molecule has 2 atom stereocenters. The first kappa shape index (κ1) is 9.73. The number of nitrogens with one attached hydrogen (secondary N) is 1. The molecule has 1 aliphatic heterocycles. The lowest BCUT2D eigenvalue weighted by atomic mass is 10.2. The van der Waals surface area contributed by atoms with Gasteiger partial charge in [0.1, 0.15) is 5.82 Å². The molecule has 1 aromatic rings. The molecule has 0 aliphatic carbocycles. The molecule has 78 valence electrons. The number of nitrogens with zero attached hydrogens (tertiary/aromatic N) is 3. The summed E-state index contributed by atoms with van der Waals surface area (Å²) in [6.07, 6.45) is 1.70. The lowest BCUT2D eigenvalue weighted by Crippen LogP contribution is -2.29. The standard InChI is InChI=1S/C8H13ClN4O/c1-2-13-8(3-10-12-13)11-7-5-14-4-6(7)9/h3,6-7,11H,2,4-5H2,1H3. The van der Waals surface area contributed by atoms with E-state index in [9.17, 15) is 0 Å². The minimum Gasteiger partial charge on any atom is -0.378 e. The van der Waals surface area contributed by atoms with E-state index >= 15 is 0 Å². The third-order valence-corrected chi connectivity index (χ3v) is 2.69. The van der Waals surface area contributed by atoms with Gasteiger partial charge >= 0.3 is 0 Å². The van der Waals surface area contributed by atoms with Crippen LogP contribution in [0.25, 0.3) is 0 Å².